The molecule has 0 saturated heterocycles. The maximum absolute atomic E-state index is 13.2. The number of rotatable bonds is 4. The van der Waals surface area contributed by atoms with Gasteiger partial charge in [-0.25, -0.2) is 14.2 Å². The van der Waals surface area contributed by atoms with E-state index in [1.54, 1.807) is 13.0 Å². The first-order chi connectivity index (χ1) is 10.0. The lowest BCUT2D eigenvalue weighted by Gasteiger charge is -2.10. The molecule has 4 nitrogen and oxygen atoms in total. The minimum atomic E-state index is -0.732. The molecule has 21 heavy (non-hydrogen) atoms. The fourth-order valence-corrected chi connectivity index (χ4v) is 1.97. The van der Waals surface area contributed by atoms with Gasteiger partial charge < -0.3 is 9.47 Å². The van der Waals surface area contributed by atoms with Crippen molar-refractivity contribution >= 4 is 29.2 Å². The van der Waals surface area contributed by atoms with Crippen molar-refractivity contribution in [2.75, 3.05) is 6.61 Å². The van der Waals surface area contributed by atoms with Gasteiger partial charge in [-0.1, -0.05) is 23.2 Å². The molecular formula is C14H10Cl2FNO3. The highest BCUT2D eigenvalue weighted by Gasteiger charge is 2.18. The molecule has 1 aromatic carbocycles. The number of nitrogens with zero attached hydrogens (tertiary/aromatic N) is 1. The van der Waals surface area contributed by atoms with Crippen LogP contribution < -0.4 is 4.74 Å². The van der Waals surface area contributed by atoms with E-state index in [0.717, 1.165) is 12.3 Å². The first-order valence-corrected chi connectivity index (χ1v) is 6.72. The Bertz CT molecular complexity index is 679. The van der Waals surface area contributed by atoms with E-state index in [9.17, 15) is 9.18 Å². The fourth-order valence-electron chi connectivity index (χ4n) is 1.53. The highest BCUT2D eigenvalue weighted by Crippen LogP contribution is 2.32. The SMILES string of the molecule is CCOC(=O)c1cc(F)cnc1Oc1ccc(Cl)cc1Cl. The average molecular weight is 330 g/mol. The van der Waals surface area contributed by atoms with Crippen LogP contribution in [0.3, 0.4) is 0 Å². The Morgan fingerprint density at radius 3 is 2.76 bits per heavy atom. The van der Waals surface area contributed by atoms with E-state index in [4.69, 9.17) is 32.7 Å². The Labute approximate surface area is 130 Å². The van der Waals surface area contributed by atoms with Crippen LogP contribution in [0.5, 0.6) is 11.6 Å². The summed E-state index contributed by atoms with van der Waals surface area (Å²) >= 11 is 11.8. The standard InChI is InChI=1S/C14H10Cl2FNO3/c1-2-20-14(19)10-6-9(17)7-18-13(10)21-12-4-3-8(15)5-11(12)16/h3-7H,2H2,1H3. The second-order valence-corrected chi connectivity index (χ2v) is 4.75. The summed E-state index contributed by atoms with van der Waals surface area (Å²) in [5, 5.41) is 0.675. The van der Waals surface area contributed by atoms with Crippen LogP contribution in [-0.4, -0.2) is 17.6 Å². The third-order valence-electron chi connectivity index (χ3n) is 2.41. The highest BCUT2D eigenvalue weighted by molar-refractivity contribution is 6.35. The highest BCUT2D eigenvalue weighted by atomic mass is 35.5. The summed E-state index contributed by atoms with van der Waals surface area (Å²) in [5.41, 5.74) is -0.122. The Hall–Kier alpha value is -1.85. The molecule has 0 aliphatic heterocycles. The van der Waals surface area contributed by atoms with Crippen LogP contribution in [0.25, 0.3) is 0 Å². The van der Waals surface area contributed by atoms with Crippen molar-refractivity contribution in [2.24, 2.45) is 0 Å². The molecule has 0 N–H and O–H groups in total. The summed E-state index contributed by atoms with van der Waals surface area (Å²) in [4.78, 5) is 15.5. The van der Waals surface area contributed by atoms with Crippen molar-refractivity contribution in [3.05, 3.63) is 51.9 Å². The Morgan fingerprint density at radius 2 is 2.10 bits per heavy atom. The topological polar surface area (TPSA) is 48.4 Å². The van der Waals surface area contributed by atoms with E-state index >= 15 is 0 Å². The van der Waals surface area contributed by atoms with Gasteiger partial charge in [-0.15, -0.1) is 0 Å². The molecule has 0 atom stereocenters. The molecule has 0 amide bonds. The van der Waals surface area contributed by atoms with Crippen molar-refractivity contribution in [1.82, 2.24) is 4.98 Å². The van der Waals surface area contributed by atoms with Gasteiger partial charge in [0.15, 0.2) is 0 Å². The van der Waals surface area contributed by atoms with Crippen LogP contribution in [-0.2, 0) is 4.74 Å². The Balaban J connectivity index is 2.37. The molecule has 2 rings (SSSR count). The largest absolute Gasteiger partial charge is 0.462 e. The van der Waals surface area contributed by atoms with Gasteiger partial charge in [0.05, 0.1) is 17.8 Å². The van der Waals surface area contributed by atoms with Crippen LogP contribution in [0, 0.1) is 5.82 Å². The van der Waals surface area contributed by atoms with Crippen LogP contribution in [0.4, 0.5) is 4.39 Å². The van der Waals surface area contributed by atoms with Gasteiger partial charge in [-0.05, 0) is 31.2 Å². The third kappa shape index (κ3) is 3.83. The van der Waals surface area contributed by atoms with Gasteiger partial charge in [-0.2, -0.15) is 0 Å². The Kier molecular flexibility index (Phi) is 4.98. The predicted molar refractivity (Wildman–Crippen MR) is 76.7 cm³/mol. The summed E-state index contributed by atoms with van der Waals surface area (Å²) in [6.07, 6.45) is 0.932. The van der Waals surface area contributed by atoms with Gasteiger partial charge in [0, 0.05) is 5.02 Å². The third-order valence-corrected chi connectivity index (χ3v) is 2.94. The van der Waals surface area contributed by atoms with Gasteiger partial charge >= 0.3 is 5.97 Å². The molecule has 1 heterocycles. The number of hydrogen-bond acceptors (Lipinski definition) is 4. The van der Waals surface area contributed by atoms with Crippen molar-refractivity contribution in [1.29, 1.82) is 0 Å². The molecule has 7 heteroatoms. The van der Waals surface area contributed by atoms with Crippen molar-refractivity contribution in [3.63, 3.8) is 0 Å². The van der Waals surface area contributed by atoms with Crippen LogP contribution in [0.15, 0.2) is 30.5 Å². The van der Waals surface area contributed by atoms with Crippen molar-refractivity contribution in [2.45, 2.75) is 6.92 Å². The smallest absolute Gasteiger partial charge is 0.343 e. The lowest BCUT2D eigenvalue weighted by atomic mass is 10.2. The molecule has 0 spiro atoms. The summed E-state index contributed by atoms with van der Waals surface area (Å²) in [6, 6.07) is 5.55. The fraction of sp³-hybridized carbons (Fsp3) is 0.143. The number of esters is 1. The van der Waals surface area contributed by atoms with E-state index in [1.165, 1.54) is 12.1 Å². The zero-order chi connectivity index (χ0) is 15.4. The predicted octanol–water partition coefficient (Wildman–Crippen LogP) is 4.50. The number of pyridine rings is 1. The van der Waals surface area contributed by atoms with Gasteiger partial charge in [0.25, 0.3) is 0 Å². The minimum absolute atomic E-state index is 0.0981. The molecule has 110 valence electrons. The molecule has 0 fully saturated rings. The normalized spacial score (nSPS) is 10.3. The van der Waals surface area contributed by atoms with Gasteiger partial charge in [-0.3, -0.25) is 0 Å². The lowest BCUT2D eigenvalue weighted by molar-refractivity contribution is 0.0522. The summed E-state index contributed by atoms with van der Waals surface area (Å²) in [6.45, 7) is 1.79. The number of carbonyl (C=O) groups is 1. The number of carbonyl (C=O) groups excluding carboxylic acids is 1. The lowest BCUT2D eigenvalue weighted by Crippen LogP contribution is -2.08. The first kappa shape index (κ1) is 15.5. The maximum atomic E-state index is 13.2. The summed E-state index contributed by atoms with van der Waals surface area (Å²) < 4.78 is 23.5. The summed E-state index contributed by atoms with van der Waals surface area (Å²) in [5.74, 6) is -1.26. The molecule has 0 saturated carbocycles. The van der Waals surface area contributed by atoms with Crippen LogP contribution in [0.2, 0.25) is 10.0 Å². The molecule has 0 unspecified atom stereocenters. The second kappa shape index (κ2) is 6.74. The number of benzene rings is 1. The molecule has 0 radical (unpaired) electrons. The number of aromatic nitrogens is 1. The number of halogens is 3. The monoisotopic (exact) mass is 329 g/mol. The zero-order valence-electron chi connectivity index (χ0n) is 10.9. The molecule has 0 bridgehead atoms. The molecular weight excluding hydrogens is 320 g/mol. The van der Waals surface area contributed by atoms with E-state index in [-0.39, 0.29) is 28.8 Å². The van der Waals surface area contributed by atoms with Gasteiger partial charge in [0.2, 0.25) is 5.88 Å². The quantitative estimate of drug-likeness (QED) is 0.775. The molecule has 0 aliphatic rings. The van der Waals surface area contributed by atoms with Crippen LogP contribution in [0.1, 0.15) is 17.3 Å². The van der Waals surface area contributed by atoms with Crippen LogP contribution >= 0.6 is 23.2 Å². The van der Waals surface area contributed by atoms with Gasteiger partial charge in [0.1, 0.15) is 17.1 Å². The number of hydrogen-bond donors (Lipinski definition) is 0. The molecule has 0 aliphatic carbocycles. The Morgan fingerprint density at radius 1 is 1.33 bits per heavy atom. The number of ether oxygens (including phenoxy) is 2. The van der Waals surface area contributed by atoms with Crippen molar-refractivity contribution < 1.29 is 18.7 Å². The van der Waals surface area contributed by atoms with E-state index in [0.29, 0.717) is 5.02 Å². The average Bonchev–Trinajstić information content (AvgIpc) is 2.43. The first-order valence-electron chi connectivity index (χ1n) is 5.97. The zero-order valence-corrected chi connectivity index (χ0v) is 12.4. The van der Waals surface area contributed by atoms with E-state index in [1.807, 2.05) is 0 Å². The molecule has 2 aromatic rings. The second-order valence-electron chi connectivity index (χ2n) is 3.90. The van der Waals surface area contributed by atoms with E-state index in [2.05, 4.69) is 4.98 Å². The summed E-state index contributed by atoms with van der Waals surface area (Å²) in [7, 11) is 0. The molecule has 1 aromatic heterocycles. The van der Waals surface area contributed by atoms with Crippen molar-refractivity contribution in [3.8, 4) is 11.6 Å². The maximum Gasteiger partial charge on any atom is 0.343 e. The van der Waals surface area contributed by atoms with E-state index < -0.39 is 11.8 Å². The minimum Gasteiger partial charge on any atom is -0.462 e.